The molecule has 2 atom stereocenters. The zero-order valence-electron chi connectivity index (χ0n) is 24.3. The third-order valence-electron chi connectivity index (χ3n) is 8.36. The predicted molar refractivity (Wildman–Crippen MR) is 161 cm³/mol. The van der Waals surface area contributed by atoms with Crippen molar-refractivity contribution in [3.05, 3.63) is 76.5 Å². The van der Waals surface area contributed by atoms with Crippen LogP contribution in [0.5, 0.6) is 5.75 Å². The van der Waals surface area contributed by atoms with Gasteiger partial charge in [-0.2, -0.15) is 5.26 Å². The monoisotopic (exact) mass is 604 g/mol. The number of aromatic nitrogens is 2. The summed E-state index contributed by atoms with van der Waals surface area (Å²) in [5.74, 6) is 1.13. The van der Waals surface area contributed by atoms with Crippen molar-refractivity contribution < 1.29 is 18.7 Å². The summed E-state index contributed by atoms with van der Waals surface area (Å²) in [6, 6.07) is 16.1. The summed E-state index contributed by atoms with van der Waals surface area (Å²) in [6.45, 7) is 6.21. The lowest BCUT2D eigenvalue weighted by molar-refractivity contribution is 0.0768. The van der Waals surface area contributed by atoms with Gasteiger partial charge in [0.1, 0.15) is 29.6 Å². The van der Waals surface area contributed by atoms with Crippen LogP contribution in [-0.4, -0.2) is 64.8 Å². The summed E-state index contributed by atoms with van der Waals surface area (Å²) >= 11 is 6.49. The molecule has 9 nitrogen and oxygen atoms in total. The second-order valence-electron chi connectivity index (χ2n) is 11.9. The number of hydrogen-bond donors (Lipinski definition) is 0. The SMILES string of the molecule is CC1(C)CN([C@@H]2CCc3c(nc(Cl)nc3N3CCN(C(=O)OCc4ccccc4)[C@@H](CC#N)C3)C2)c2cc(F)ccc2O1. The van der Waals surface area contributed by atoms with E-state index in [1.165, 1.54) is 12.1 Å². The van der Waals surface area contributed by atoms with E-state index in [0.29, 0.717) is 38.3 Å². The molecule has 0 N–H and O–H groups in total. The van der Waals surface area contributed by atoms with Gasteiger partial charge in [0.05, 0.1) is 36.5 Å². The molecule has 3 aromatic rings. The summed E-state index contributed by atoms with van der Waals surface area (Å²) in [6.07, 6.45) is 1.91. The van der Waals surface area contributed by atoms with Crippen LogP contribution in [0, 0.1) is 17.1 Å². The standard InChI is InChI=1S/C32H34ClFN6O3/c1-32(2)20-40(27-16-22(34)8-11-28(27)43-32)23-9-10-25-26(17-23)36-30(33)37-29(25)38-14-15-39(24(18-38)12-13-35)31(41)42-19-21-6-4-3-5-7-21/h3-8,11,16,23-24H,9-10,12,14-15,17-20H2,1-2H3/t23-,24+/m1/s1. The number of nitriles is 1. The average Bonchev–Trinajstić information content (AvgIpc) is 2.99. The van der Waals surface area contributed by atoms with E-state index in [-0.39, 0.29) is 36.2 Å². The van der Waals surface area contributed by atoms with E-state index in [1.54, 1.807) is 11.0 Å². The fraction of sp³-hybridized carbons (Fsp3) is 0.438. The third-order valence-corrected chi connectivity index (χ3v) is 8.53. The van der Waals surface area contributed by atoms with E-state index >= 15 is 0 Å². The fourth-order valence-electron chi connectivity index (χ4n) is 6.40. The summed E-state index contributed by atoms with van der Waals surface area (Å²) < 4.78 is 26.0. The maximum absolute atomic E-state index is 14.3. The van der Waals surface area contributed by atoms with Gasteiger partial charge in [-0.05, 0) is 56.0 Å². The summed E-state index contributed by atoms with van der Waals surface area (Å²) in [4.78, 5) is 28.3. The van der Waals surface area contributed by atoms with Crippen LogP contribution in [0.3, 0.4) is 0 Å². The van der Waals surface area contributed by atoms with Gasteiger partial charge in [0.2, 0.25) is 5.28 Å². The zero-order chi connectivity index (χ0) is 30.1. The number of hydrogen-bond acceptors (Lipinski definition) is 8. The topological polar surface area (TPSA) is 94.8 Å². The van der Waals surface area contributed by atoms with Crippen molar-refractivity contribution in [1.82, 2.24) is 14.9 Å². The molecule has 43 heavy (non-hydrogen) atoms. The van der Waals surface area contributed by atoms with E-state index in [4.69, 9.17) is 21.1 Å². The largest absolute Gasteiger partial charge is 0.484 e. The van der Waals surface area contributed by atoms with Crippen molar-refractivity contribution in [2.24, 2.45) is 0 Å². The fourth-order valence-corrected chi connectivity index (χ4v) is 6.58. The quantitative estimate of drug-likeness (QED) is 0.350. The Hall–Kier alpha value is -4.10. The lowest BCUT2D eigenvalue weighted by atomic mass is 9.89. The molecular weight excluding hydrogens is 571 g/mol. The van der Waals surface area contributed by atoms with Crippen molar-refractivity contribution in [2.75, 3.05) is 36.0 Å². The normalized spacial score (nSPS) is 20.9. The summed E-state index contributed by atoms with van der Waals surface area (Å²) in [5, 5.41) is 9.72. The van der Waals surface area contributed by atoms with Gasteiger partial charge in [0.25, 0.3) is 0 Å². The Labute approximate surface area is 255 Å². The van der Waals surface area contributed by atoms with Crippen LogP contribution in [0.2, 0.25) is 5.28 Å². The molecule has 11 heteroatoms. The molecule has 224 valence electrons. The van der Waals surface area contributed by atoms with Gasteiger partial charge in [0.15, 0.2) is 0 Å². The average molecular weight is 605 g/mol. The number of amides is 1. The molecule has 2 aliphatic heterocycles. The molecule has 6 rings (SSSR count). The Balaban J connectivity index is 1.20. The van der Waals surface area contributed by atoms with Gasteiger partial charge < -0.3 is 24.2 Å². The van der Waals surface area contributed by atoms with Gasteiger partial charge in [-0.25, -0.2) is 19.2 Å². The number of carbonyl (C=O) groups excluding carboxylic acids is 1. The van der Waals surface area contributed by atoms with E-state index in [1.807, 2.05) is 44.2 Å². The van der Waals surface area contributed by atoms with E-state index in [0.717, 1.165) is 41.2 Å². The Morgan fingerprint density at radius 3 is 2.81 bits per heavy atom. The number of anilines is 2. The van der Waals surface area contributed by atoms with Crippen LogP contribution in [0.4, 0.5) is 20.7 Å². The number of nitrogens with zero attached hydrogens (tertiary/aromatic N) is 6. The Bertz CT molecular complexity index is 1550. The smallest absolute Gasteiger partial charge is 0.410 e. The lowest BCUT2D eigenvalue weighted by Gasteiger charge is -2.46. The number of carbonyl (C=O) groups is 1. The van der Waals surface area contributed by atoms with Crippen LogP contribution >= 0.6 is 11.6 Å². The highest BCUT2D eigenvalue weighted by atomic mass is 35.5. The Morgan fingerprint density at radius 1 is 1.21 bits per heavy atom. The number of ether oxygens (including phenoxy) is 2. The van der Waals surface area contributed by atoms with Crippen molar-refractivity contribution in [3.8, 4) is 11.8 Å². The van der Waals surface area contributed by atoms with Crippen molar-refractivity contribution >= 4 is 29.2 Å². The first-order valence-electron chi connectivity index (χ1n) is 14.6. The molecule has 1 aliphatic carbocycles. The van der Waals surface area contributed by atoms with Gasteiger partial charge in [-0.15, -0.1) is 0 Å². The molecule has 1 saturated heterocycles. The van der Waals surface area contributed by atoms with Gasteiger partial charge in [0, 0.05) is 43.7 Å². The first-order chi connectivity index (χ1) is 20.7. The maximum Gasteiger partial charge on any atom is 0.410 e. The first-order valence-corrected chi connectivity index (χ1v) is 15.0. The minimum absolute atomic E-state index is 0.0811. The Kier molecular flexibility index (Phi) is 8.01. The zero-order valence-corrected chi connectivity index (χ0v) is 25.1. The molecule has 1 aromatic heterocycles. The number of rotatable bonds is 5. The first kappa shape index (κ1) is 29.0. The number of piperazine rings is 1. The minimum atomic E-state index is -0.433. The molecule has 1 fully saturated rings. The molecule has 0 bridgehead atoms. The second-order valence-corrected chi connectivity index (χ2v) is 12.3. The van der Waals surface area contributed by atoms with Crippen molar-refractivity contribution in [3.63, 3.8) is 0 Å². The van der Waals surface area contributed by atoms with Crippen LogP contribution in [0.15, 0.2) is 48.5 Å². The van der Waals surface area contributed by atoms with E-state index < -0.39 is 11.7 Å². The van der Waals surface area contributed by atoms with E-state index in [2.05, 4.69) is 25.8 Å². The predicted octanol–water partition coefficient (Wildman–Crippen LogP) is 5.55. The van der Waals surface area contributed by atoms with Gasteiger partial charge >= 0.3 is 6.09 Å². The van der Waals surface area contributed by atoms with Crippen molar-refractivity contribution in [1.29, 1.82) is 5.26 Å². The van der Waals surface area contributed by atoms with Crippen LogP contribution < -0.4 is 14.5 Å². The van der Waals surface area contributed by atoms with Gasteiger partial charge in [-0.1, -0.05) is 30.3 Å². The Morgan fingerprint density at radius 2 is 2.02 bits per heavy atom. The molecular formula is C32H34ClFN6O3. The number of benzene rings is 2. The third kappa shape index (κ3) is 6.18. The number of halogens is 2. The lowest BCUT2D eigenvalue weighted by Crippen LogP contribution is -2.56. The summed E-state index contributed by atoms with van der Waals surface area (Å²) in [7, 11) is 0. The maximum atomic E-state index is 14.3. The van der Waals surface area contributed by atoms with Crippen LogP contribution in [-0.2, 0) is 24.2 Å². The minimum Gasteiger partial charge on any atom is -0.484 e. The molecule has 0 saturated carbocycles. The highest BCUT2D eigenvalue weighted by Gasteiger charge is 2.39. The van der Waals surface area contributed by atoms with Crippen LogP contribution in [0.1, 0.15) is 43.5 Å². The van der Waals surface area contributed by atoms with Gasteiger partial charge in [-0.3, -0.25) is 0 Å². The molecule has 1 amide bonds. The highest BCUT2D eigenvalue weighted by molar-refractivity contribution is 6.28. The number of fused-ring (bicyclic) bond motifs is 2. The molecule has 3 aliphatic rings. The molecule has 3 heterocycles. The highest BCUT2D eigenvalue weighted by Crippen LogP contribution is 2.41. The summed E-state index contributed by atoms with van der Waals surface area (Å²) in [5.41, 5.74) is 3.12. The van der Waals surface area contributed by atoms with Crippen molar-refractivity contribution in [2.45, 2.75) is 63.8 Å². The molecule has 0 radical (unpaired) electrons. The van der Waals surface area contributed by atoms with Crippen LogP contribution in [0.25, 0.3) is 0 Å². The van der Waals surface area contributed by atoms with E-state index in [9.17, 15) is 14.4 Å². The second kappa shape index (κ2) is 11.9. The molecule has 0 spiro atoms. The molecule has 0 unspecified atom stereocenters. The molecule has 2 aromatic carbocycles.